The zero-order chi connectivity index (χ0) is 22.8. The van der Waals surface area contributed by atoms with Crippen LogP contribution in [0, 0.1) is 5.92 Å². The first-order valence-electron chi connectivity index (χ1n) is 10.7. The molecule has 32 heavy (non-hydrogen) atoms. The predicted molar refractivity (Wildman–Crippen MR) is 118 cm³/mol. The number of nitrogens with one attached hydrogen (secondary N) is 1. The highest BCUT2D eigenvalue weighted by Gasteiger charge is 2.24. The van der Waals surface area contributed by atoms with Gasteiger partial charge in [0.05, 0.1) is 6.61 Å². The normalized spacial score (nSPS) is 13.8. The van der Waals surface area contributed by atoms with Crippen molar-refractivity contribution in [3.05, 3.63) is 60.2 Å². The Morgan fingerprint density at radius 3 is 2.31 bits per heavy atom. The summed E-state index contributed by atoms with van der Waals surface area (Å²) in [6.07, 6.45) is 0.859. The molecule has 0 atom stereocenters. The van der Waals surface area contributed by atoms with Crippen molar-refractivity contribution in [3.8, 4) is 11.5 Å². The van der Waals surface area contributed by atoms with Gasteiger partial charge in [0.15, 0.2) is 6.61 Å². The summed E-state index contributed by atoms with van der Waals surface area (Å²) < 4.78 is 15.2. The van der Waals surface area contributed by atoms with Crippen LogP contribution in [0.3, 0.4) is 0 Å². The van der Waals surface area contributed by atoms with Crippen LogP contribution in [0.1, 0.15) is 30.1 Å². The molecule has 0 aliphatic carbocycles. The average molecular weight is 440 g/mol. The minimum atomic E-state index is -0.771. The van der Waals surface area contributed by atoms with Gasteiger partial charge in [-0.3, -0.25) is 9.59 Å². The first-order chi connectivity index (χ1) is 15.5. The monoisotopic (exact) mass is 440 g/mol. The Hall–Kier alpha value is -3.55. The highest BCUT2D eigenvalue weighted by molar-refractivity contribution is 5.94. The fourth-order valence-corrected chi connectivity index (χ4v) is 3.41. The van der Waals surface area contributed by atoms with Crippen molar-refractivity contribution < 1.29 is 28.6 Å². The van der Waals surface area contributed by atoms with E-state index in [1.807, 2.05) is 18.2 Å². The van der Waals surface area contributed by atoms with Gasteiger partial charge in [-0.15, -0.1) is 0 Å². The summed E-state index contributed by atoms with van der Waals surface area (Å²) in [6, 6.07) is 15.6. The molecular formula is C24H28N2O6. The number of amides is 2. The molecule has 0 radical (unpaired) electrons. The Balaban J connectivity index is 1.37. The van der Waals surface area contributed by atoms with Gasteiger partial charge in [0.2, 0.25) is 0 Å². The number of benzene rings is 2. The first-order valence-corrected chi connectivity index (χ1v) is 10.7. The van der Waals surface area contributed by atoms with Crippen LogP contribution in [0.2, 0.25) is 0 Å². The Morgan fingerprint density at radius 1 is 0.969 bits per heavy atom. The number of carbonyl (C=O) groups excluding carboxylic acids is 3. The molecule has 2 aromatic rings. The highest BCUT2D eigenvalue weighted by atomic mass is 16.7. The molecule has 1 aliphatic rings. The van der Waals surface area contributed by atoms with Crippen molar-refractivity contribution in [1.82, 2.24) is 10.2 Å². The maximum absolute atomic E-state index is 12.7. The topological polar surface area (TPSA) is 94.2 Å². The molecule has 8 nitrogen and oxygen atoms in total. The van der Waals surface area contributed by atoms with Crippen LogP contribution in [-0.4, -0.2) is 55.7 Å². The van der Waals surface area contributed by atoms with Crippen LogP contribution in [0.4, 0.5) is 4.79 Å². The SMILES string of the molecule is CCOC(=O)Oc1ccc(C(=O)N2CCC(CNC(=O)COc3ccccc3)CC2)cc1. The van der Waals surface area contributed by atoms with Crippen molar-refractivity contribution in [2.24, 2.45) is 5.92 Å². The Morgan fingerprint density at radius 2 is 1.66 bits per heavy atom. The molecule has 1 saturated heterocycles. The van der Waals surface area contributed by atoms with Crippen LogP contribution < -0.4 is 14.8 Å². The molecule has 1 N–H and O–H groups in total. The van der Waals surface area contributed by atoms with Gasteiger partial charge in [0, 0.05) is 25.2 Å². The van der Waals surface area contributed by atoms with E-state index in [2.05, 4.69) is 5.32 Å². The molecule has 0 spiro atoms. The molecule has 0 bridgehead atoms. The number of para-hydroxylation sites is 1. The number of nitrogens with zero attached hydrogens (tertiary/aromatic N) is 1. The summed E-state index contributed by atoms with van der Waals surface area (Å²) in [5.41, 5.74) is 0.533. The number of hydrogen-bond donors (Lipinski definition) is 1. The maximum Gasteiger partial charge on any atom is 0.513 e. The molecule has 0 unspecified atom stereocenters. The van der Waals surface area contributed by atoms with E-state index >= 15 is 0 Å². The molecule has 2 amide bonds. The van der Waals surface area contributed by atoms with Gasteiger partial charge in [-0.1, -0.05) is 18.2 Å². The molecular weight excluding hydrogens is 412 g/mol. The number of piperidine rings is 1. The van der Waals surface area contributed by atoms with E-state index in [-0.39, 0.29) is 25.0 Å². The molecule has 3 rings (SSSR count). The fourth-order valence-electron chi connectivity index (χ4n) is 3.41. The number of rotatable bonds is 8. The third-order valence-corrected chi connectivity index (χ3v) is 5.17. The van der Waals surface area contributed by atoms with Crippen molar-refractivity contribution in [3.63, 3.8) is 0 Å². The van der Waals surface area contributed by atoms with Crippen molar-refractivity contribution in [2.45, 2.75) is 19.8 Å². The van der Waals surface area contributed by atoms with E-state index in [0.29, 0.717) is 42.6 Å². The molecule has 1 heterocycles. The third-order valence-electron chi connectivity index (χ3n) is 5.17. The van der Waals surface area contributed by atoms with Crippen molar-refractivity contribution >= 4 is 18.0 Å². The van der Waals surface area contributed by atoms with Gasteiger partial charge in [0.1, 0.15) is 11.5 Å². The first kappa shape index (κ1) is 23.1. The van der Waals surface area contributed by atoms with Gasteiger partial charge in [-0.25, -0.2) is 4.79 Å². The van der Waals surface area contributed by atoms with E-state index in [0.717, 1.165) is 12.8 Å². The highest BCUT2D eigenvalue weighted by Crippen LogP contribution is 2.20. The number of carbonyl (C=O) groups is 3. The minimum absolute atomic E-state index is 0.0166. The maximum atomic E-state index is 12.7. The summed E-state index contributed by atoms with van der Waals surface area (Å²) >= 11 is 0. The lowest BCUT2D eigenvalue weighted by atomic mass is 9.96. The Bertz CT molecular complexity index is 892. The van der Waals surface area contributed by atoms with E-state index in [4.69, 9.17) is 14.2 Å². The number of ether oxygens (including phenoxy) is 3. The molecule has 8 heteroatoms. The van der Waals surface area contributed by atoms with Gasteiger partial charge >= 0.3 is 6.16 Å². The van der Waals surface area contributed by atoms with E-state index < -0.39 is 6.16 Å². The van der Waals surface area contributed by atoms with Crippen LogP contribution in [0.25, 0.3) is 0 Å². The lowest BCUT2D eigenvalue weighted by Crippen LogP contribution is -2.42. The fraction of sp³-hybridized carbons (Fsp3) is 0.375. The molecule has 170 valence electrons. The second-order valence-electron chi connectivity index (χ2n) is 7.45. The smallest absolute Gasteiger partial charge is 0.484 e. The summed E-state index contributed by atoms with van der Waals surface area (Å²) in [5, 5.41) is 2.91. The molecule has 1 aliphatic heterocycles. The van der Waals surface area contributed by atoms with Crippen LogP contribution in [0.5, 0.6) is 11.5 Å². The quantitative estimate of drug-likeness (QED) is 0.500. The lowest BCUT2D eigenvalue weighted by molar-refractivity contribution is -0.123. The number of hydrogen-bond acceptors (Lipinski definition) is 6. The second-order valence-corrected chi connectivity index (χ2v) is 7.45. The van der Waals surface area contributed by atoms with Gasteiger partial charge < -0.3 is 24.4 Å². The summed E-state index contributed by atoms with van der Waals surface area (Å²) in [5.74, 6) is 1.09. The average Bonchev–Trinajstić information content (AvgIpc) is 2.82. The summed E-state index contributed by atoms with van der Waals surface area (Å²) in [6.45, 7) is 3.73. The van der Waals surface area contributed by atoms with E-state index in [1.165, 1.54) is 0 Å². The van der Waals surface area contributed by atoms with Gasteiger partial charge in [-0.2, -0.15) is 0 Å². The Labute approximate surface area is 187 Å². The molecule has 0 aromatic heterocycles. The van der Waals surface area contributed by atoms with Crippen LogP contribution >= 0.6 is 0 Å². The number of likely N-dealkylation sites (tertiary alicyclic amines) is 1. The standard InChI is InChI=1S/C24H28N2O6/c1-2-30-24(29)32-21-10-8-19(9-11-21)23(28)26-14-12-18(13-15-26)16-25-22(27)17-31-20-6-4-3-5-7-20/h3-11,18H,2,12-17H2,1H3,(H,25,27). The molecule has 2 aromatic carbocycles. The zero-order valence-corrected chi connectivity index (χ0v) is 18.1. The molecule has 1 fully saturated rings. The summed E-state index contributed by atoms with van der Waals surface area (Å²) in [4.78, 5) is 37.9. The van der Waals surface area contributed by atoms with Gasteiger partial charge in [-0.05, 0) is 62.1 Å². The largest absolute Gasteiger partial charge is 0.513 e. The van der Waals surface area contributed by atoms with Crippen molar-refractivity contribution in [1.29, 1.82) is 0 Å². The van der Waals surface area contributed by atoms with E-state index in [1.54, 1.807) is 48.2 Å². The van der Waals surface area contributed by atoms with Crippen LogP contribution in [0.15, 0.2) is 54.6 Å². The zero-order valence-electron chi connectivity index (χ0n) is 18.1. The minimum Gasteiger partial charge on any atom is -0.484 e. The van der Waals surface area contributed by atoms with Crippen LogP contribution in [-0.2, 0) is 9.53 Å². The predicted octanol–water partition coefficient (Wildman–Crippen LogP) is 3.27. The van der Waals surface area contributed by atoms with Gasteiger partial charge in [0.25, 0.3) is 11.8 Å². The third kappa shape index (κ3) is 7.01. The lowest BCUT2D eigenvalue weighted by Gasteiger charge is -2.32. The van der Waals surface area contributed by atoms with E-state index in [9.17, 15) is 14.4 Å². The summed E-state index contributed by atoms with van der Waals surface area (Å²) in [7, 11) is 0. The van der Waals surface area contributed by atoms with Crippen molar-refractivity contribution in [2.75, 3.05) is 32.8 Å². The molecule has 0 saturated carbocycles. The Kier molecular flexibility index (Phi) is 8.48. The second kappa shape index (κ2) is 11.7.